The Balaban J connectivity index is 3.02. The van der Waals surface area contributed by atoms with Crippen LogP contribution < -0.4 is 0 Å². The fraction of sp³-hybridized carbons (Fsp3) is 0. The highest BCUT2D eigenvalue weighted by Crippen LogP contribution is 2.22. The van der Waals surface area contributed by atoms with Crippen molar-refractivity contribution in [1.82, 2.24) is 0 Å². The lowest BCUT2D eigenvalue weighted by atomic mass is 13.0. The minimum Gasteiger partial charge on any atom is -0.211 e. The molecule has 0 spiro atoms. The molecule has 0 amide bonds. The summed E-state index contributed by atoms with van der Waals surface area (Å²) in [5.41, 5.74) is 15.5. The van der Waals surface area contributed by atoms with Crippen LogP contribution in [-0.2, 0) is 7.26 Å². The van der Waals surface area contributed by atoms with Gasteiger partial charge in [-0.1, -0.05) is 0 Å². The van der Waals surface area contributed by atoms with Crippen LogP contribution in [0.3, 0.4) is 0 Å². The van der Waals surface area contributed by atoms with E-state index in [4.69, 9.17) is 11.1 Å². The molecule has 8 nitrogen and oxygen atoms in total. The molecule has 0 saturated carbocycles. The molecular formula is N6O2S3. The quantitative estimate of drug-likeness (QED) is 0.167. The Bertz CT molecular complexity index is 160. The van der Waals surface area contributed by atoms with Crippen LogP contribution in [0.25, 0.3) is 20.9 Å². The SMILES string of the molecule is [N-]=[N+]=NSOSOSN=[N+]=[N-]. The molecule has 0 aromatic heterocycles. The molecule has 0 aromatic carbocycles. The van der Waals surface area contributed by atoms with Gasteiger partial charge in [0.1, 0.15) is 24.5 Å². The maximum Gasteiger partial charge on any atom is 0.184 e. The highest BCUT2D eigenvalue weighted by atomic mass is 32.3. The van der Waals surface area contributed by atoms with Gasteiger partial charge in [-0.25, -0.2) is 7.26 Å². The summed E-state index contributed by atoms with van der Waals surface area (Å²) in [6.45, 7) is 0. The summed E-state index contributed by atoms with van der Waals surface area (Å²) in [6.07, 6.45) is 0. The fourth-order valence-corrected chi connectivity index (χ4v) is 0.864. The van der Waals surface area contributed by atoms with E-state index in [1.165, 1.54) is 0 Å². The van der Waals surface area contributed by atoms with E-state index in [0.717, 1.165) is 0 Å². The van der Waals surface area contributed by atoms with E-state index >= 15 is 0 Å². The van der Waals surface area contributed by atoms with Crippen molar-refractivity contribution >= 4 is 36.8 Å². The van der Waals surface area contributed by atoms with Crippen LogP contribution >= 0.6 is 36.8 Å². The molecule has 11 heavy (non-hydrogen) atoms. The first kappa shape index (κ1) is 10.6. The average molecular weight is 212 g/mol. The van der Waals surface area contributed by atoms with Crippen LogP contribution in [0.1, 0.15) is 0 Å². The standard InChI is InChI=1S/N6O2S3/c1-3-5-9-7-11-8-10-6-4-2. The minimum atomic E-state index is 0.509. The number of rotatable bonds is 6. The van der Waals surface area contributed by atoms with E-state index < -0.39 is 0 Å². The van der Waals surface area contributed by atoms with Crippen molar-refractivity contribution in [2.45, 2.75) is 0 Å². The Labute approximate surface area is 74.3 Å². The Morgan fingerprint density at radius 1 is 1.00 bits per heavy atom. The van der Waals surface area contributed by atoms with E-state index in [2.05, 4.69) is 26.1 Å². The van der Waals surface area contributed by atoms with Crippen LogP contribution in [0.4, 0.5) is 0 Å². The molecule has 0 unspecified atom stereocenters. The number of azide groups is 2. The summed E-state index contributed by atoms with van der Waals surface area (Å²) in [7, 11) is 0. The van der Waals surface area contributed by atoms with E-state index in [1.54, 1.807) is 0 Å². The van der Waals surface area contributed by atoms with Gasteiger partial charge in [0, 0.05) is 9.82 Å². The Hall–Kier alpha value is -0.410. The van der Waals surface area contributed by atoms with Gasteiger partial charge in [-0.2, -0.15) is 0 Å². The predicted octanol–water partition coefficient (Wildman–Crippen LogP) is 3.33. The van der Waals surface area contributed by atoms with Crippen LogP contribution in [0.15, 0.2) is 9.04 Å². The Morgan fingerprint density at radius 3 is 1.82 bits per heavy atom. The molecule has 0 aliphatic heterocycles. The summed E-state index contributed by atoms with van der Waals surface area (Å²) in [4.78, 5) is 4.75. The Morgan fingerprint density at radius 2 is 1.45 bits per heavy atom. The van der Waals surface area contributed by atoms with E-state index in [9.17, 15) is 0 Å². The molecule has 0 atom stereocenters. The van der Waals surface area contributed by atoms with Gasteiger partial charge in [-0.05, 0) is 20.1 Å². The van der Waals surface area contributed by atoms with Crippen molar-refractivity contribution < 1.29 is 7.26 Å². The normalized spacial score (nSPS) is 8.00. The minimum absolute atomic E-state index is 0.509. The van der Waals surface area contributed by atoms with Crippen molar-refractivity contribution in [3.63, 3.8) is 0 Å². The molecule has 0 radical (unpaired) electrons. The lowest BCUT2D eigenvalue weighted by Crippen LogP contribution is -1.60. The Kier molecular flexibility index (Phi) is 9.23. The van der Waals surface area contributed by atoms with Gasteiger partial charge in [0.05, 0.1) is 0 Å². The van der Waals surface area contributed by atoms with Crippen LogP contribution in [0, 0.1) is 0 Å². The summed E-state index contributed by atoms with van der Waals surface area (Å²) >= 11 is 1.55. The number of hydrogen-bond donors (Lipinski definition) is 0. The molecule has 0 aromatic rings. The highest BCUT2D eigenvalue weighted by Gasteiger charge is 1.87. The summed E-state index contributed by atoms with van der Waals surface area (Å²) in [5.74, 6) is 0. The van der Waals surface area contributed by atoms with E-state index in [0.29, 0.717) is 36.8 Å². The maximum atomic E-state index is 7.74. The molecule has 0 N–H and O–H groups in total. The molecule has 0 saturated heterocycles. The molecular weight excluding hydrogens is 212 g/mol. The second-order valence-electron chi connectivity index (χ2n) is 0.695. The van der Waals surface area contributed by atoms with Gasteiger partial charge in [-0.15, -0.1) is 0 Å². The highest BCUT2D eigenvalue weighted by molar-refractivity contribution is 8.10. The fourth-order valence-electron chi connectivity index (χ4n) is 0.0932. The molecule has 0 rings (SSSR count). The second kappa shape index (κ2) is 9.59. The molecule has 0 aliphatic rings. The summed E-state index contributed by atoms with van der Waals surface area (Å²) in [5, 5.41) is 0. The predicted molar refractivity (Wildman–Crippen MR) is 43.2 cm³/mol. The lowest BCUT2D eigenvalue weighted by Gasteiger charge is -1.90. The van der Waals surface area contributed by atoms with Crippen LogP contribution in [-0.4, -0.2) is 0 Å². The van der Waals surface area contributed by atoms with E-state index in [-0.39, 0.29) is 0 Å². The topological polar surface area (TPSA) is 116 Å². The molecule has 0 bridgehead atoms. The largest absolute Gasteiger partial charge is 0.211 e. The first-order valence-electron chi connectivity index (χ1n) is 1.83. The molecule has 0 aliphatic carbocycles. The zero-order chi connectivity index (χ0) is 8.36. The maximum absolute atomic E-state index is 7.74. The lowest BCUT2D eigenvalue weighted by molar-refractivity contribution is 0.640. The van der Waals surface area contributed by atoms with Gasteiger partial charge in [-0.3, -0.25) is 0 Å². The second-order valence-corrected chi connectivity index (χ2v) is 2.54. The van der Waals surface area contributed by atoms with Gasteiger partial charge >= 0.3 is 0 Å². The smallest absolute Gasteiger partial charge is 0.184 e. The zero-order valence-corrected chi connectivity index (χ0v) is 7.17. The monoisotopic (exact) mass is 212 g/mol. The molecule has 0 heterocycles. The summed E-state index contributed by atoms with van der Waals surface area (Å²) in [6, 6.07) is 0. The van der Waals surface area contributed by atoms with Crippen molar-refractivity contribution in [3.05, 3.63) is 20.9 Å². The van der Waals surface area contributed by atoms with Crippen molar-refractivity contribution in [3.8, 4) is 0 Å². The molecule has 11 heteroatoms. The summed E-state index contributed by atoms with van der Waals surface area (Å²) < 4.78 is 14.7. The molecule has 0 fully saturated rings. The van der Waals surface area contributed by atoms with Gasteiger partial charge < -0.3 is 0 Å². The average Bonchev–Trinajstić information content (AvgIpc) is 2.03. The third kappa shape index (κ3) is 9.59. The van der Waals surface area contributed by atoms with Crippen molar-refractivity contribution in [2.75, 3.05) is 0 Å². The third-order valence-corrected chi connectivity index (χ3v) is 1.47. The van der Waals surface area contributed by atoms with Crippen LogP contribution in [0.2, 0.25) is 0 Å². The zero-order valence-electron chi connectivity index (χ0n) is 4.72. The first-order valence-corrected chi connectivity index (χ1v) is 3.90. The van der Waals surface area contributed by atoms with E-state index in [1.807, 2.05) is 0 Å². The number of hydrogen-bond acceptors (Lipinski definition) is 7. The van der Waals surface area contributed by atoms with Crippen molar-refractivity contribution in [2.24, 2.45) is 9.04 Å². The molecule has 60 valence electrons. The van der Waals surface area contributed by atoms with Crippen LogP contribution in [0.5, 0.6) is 0 Å². The van der Waals surface area contributed by atoms with Gasteiger partial charge in [0.2, 0.25) is 0 Å². The third-order valence-electron chi connectivity index (χ3n) is 0.256. The van der Waals surface area contributed by atoms with Gasteiger partial charge in [0.25, 0.3) is 0 Å². The van der Waals surface area contributed by atoms with Crippen molar-refractivity contribution in [1.29, 1.82) is 0 Å². The first-order chi connectivity index (χ1) is 5.41. The number of nitrogens with zero attached hydrogens (tertiary/aromatic N) is 6. The van der Waals surface area contributed by atoms with Gasteiger partial charge in [0.15, 0.2) is 12.3 Å².